The zero-order chi connectivity index (χ0) is 20.7. The van der Waals surface area contributed by atoms with Gasteiger partial charge in [0.1, 0.15) is 5.52 Å². The van der Waals surface area contributed by atoms with Gasteiger partial charge in [0.15, 0.2) is 21.3 Å². The lowest BCUT2D eigenvalue weighted by Gasteiger charge is -2.26. The van der Waals surface area contributed by atoms with Crippen molar-refractivity contribution in [1.29, 1.82) is 0 Å². The molecule has 1 saturated carbocycles. The molecule has 2 aliphatic rings. The van der Waals surface area contributed by atoms with Crippen LogP contribution in [0.2, 0.25) is 0 Å². The first kappa shape index (κ1) is 19.3. The summed E-state index contributed by atoms with van der Waals surface area (Å²) in [5, 5.41) is 2.93. The third kappa shape index (κ3) is 4.24. The molecule has 2 fully saturated rings. The minimum atomic E-state index is -2.90. The summed E-state index contributed by atoms with van der Waals surface area (Å²) in [5.74, 6) is 1.42. The fourth-order valence-corrected chi connectivity index (χ4v) is 4.98. The van der Waals surface area contributed by atoms with E-state index < -0.39 is 9.84 Å². The Morgan fingerprint density at radius 2 is 1.93 bits per heavy atom. The first-order valence-electron chi connectivity index (χ1n) is 10.2. The highest BCUT2D eigenvalue weighted by Gasteiger charge is 2.29. The van der Waals surface area contributed by atoms with Crippen molar-refractivity contribution in [2.75, 3.05) is 29.9 Å². The van der Waals surface area contributed by atoms with Crippen molar-refractivity contribution in [2.45, 2.75) is 25.3 Å². The van der Waals surface area contributed by atoms with E-state index in [0.717, 1.165) is 29.8 Å². The number of nitrogens with zero attached hydrogens (tertiary/aromatic N) is 2. The Kier molecular flexibility index (Phi) is 4.83. The van der Waals surface area contributed by atoms with Crippen molar-refractivity contribution in [2.24, 2.45) is 0 Å². The van der Waals surface area contributed by atoms with Gasteiger partial charge in [-0.25, -0.2) is 13.4 Å². The monoisotopic (exact) mass is 425 g/mol. The molecule has 7 nitrogen and oxygen atoms in total. The molecule has 156 valence electrons. The molecule has 1 amide bonds. The Labute approximate surface area is 175 Å². The number of anilines is 1. The lowest BCUT2D eigenvalue weighted by Crippen LogP contribution is -2.39. The zero-order valence-corrected chi connectivity index (χ0v) is 17.3. The number of aromatic nitrogens is 1. The number of nitrogens with one attached hydrogen (secondary N) is 1. The second-order valence-corrected chi connectivity index (χ2v) is 10.4. The summed E-state index contributed by atoms with van der Waals surface area (Å²) >= 11 is 0. The lowest BCUT2D eigenvalue weighted by atomic mass is 10.1. The molecule has 0 radical (unpaired) electrons. The highest BCUT2D eigenvalue weighted by molar-refractivity contribution is 7.91. The molecule has 2 aromatic carbocycles. The van der Waals surface area contributed by atoms with Gasteiger partial charge in [0.2, 0.25) is 0 Å². The summed E-state index contributed by atoms with van der Waals surface area (Å²) in [4.78, 5) is 19.4. The predicted octanol–water partition coefficient (Wildman–Crippen LogP) is 3.19. The number of hydrogen-bond acceptors (Lipinski definition) is 6. The van der Waals surface area contributed by atoms with E-state index in [2.05, 4.69) is 15.2 Å². The van der Waals surface area contributed by atoms with Crippen LogP contribution in [-0.4, -0.2) is 48.8 Å². The first-order valence-corrected chi connectivity index (χ1v) is 12.0. The van der Waals surface area contributed by atoms with Crippen LogP contribution in [0.4, 0.5) is 5.69 Å². The summed E-state index contributed by atoms with van der Waals surface area (Å²) < 4.78 is 29.0. The van der Waals surface area contributed by atoms with Crippen molar-refractivity contribution in [3.63, 3.8) is 0 Å². The van der Waals surface area contributed by atoms with Gasteiger partial charge >= 0.3 is 0 Å². The molecule has 3 aromatic rings. The number of benzene rings is 2. The minimum Gasteiger partial charge on any atom is -0.440 e. The number of fused-ring (bicyclic) bond motifs is 1. The standard InChI is InChI=1S/C22H23N3O4S/c26-21(23-18-6-7-19-20(13-18)29-22(24-19)16-4-5-16)17-3-1-2-15(12-17)14-25-8-10-30(27,28)11-9-25/h1-3,6-7,12-13,16H,4-5,8-11,14H2,(H,23,26). The molecule has 8 heteroatoms. The SMILES string of the molecule is O=C(Nc1ccc2nc(C3CC3)oc2c1)c1cccc(CN2CCS(=O)(=O)CC2)c1. The number of hydrogen-bond donors (Lipinski definition) is 1. The average Bonchev–Trinajstić information content (AvgIpc) is 3.49. The van der Waals surface area contributed by atoms with Gasteiger partial charge in [0.25, 0.3) is 5.91 Å². The highest BCUT2D eigenvalue weighted by atomic mass is 32.2. The van der Waals surface area contributed by atoms with E-state index in [1.807, 2.05) is 36.4 Å². The van der Waals surface area contributed by atoms with E-state index in [1.54, 1.807) is 6.07 Å². The van der Waals surface area contributed by atoms with Crippen LogP contribution in [0.3, 0.4) is 0 Å². The third-order valence-electron chi connectivity index (χ3n) is 5.62. The largest absolute Gasteiger partial charge is 0.440 e. The molecule has 0 unspecified atom stereocenters. The van der Waals surface area contributed by atoms with E-state index in [-0.39, 0.29) is 17.4 Å². The molecular formula is C22H23N3O4S. The minimum absolute atomic E-state index is 0.194. The predicted molar refractivity (Wildman–Crippen MR) is 114 cm³/mol. The normalized spacial score (nSPS) is 19.1. The highest BCUT2D eigenvalue weighted by Crippen LogP contribution is 2.40. The lowest BCUT2D eigenvalue weighted by molar-refractivity contribution is 0.102. The Balaban J connectivity index is 1.27. The molecule has 1 N–H and O–H groups in total. The second kappa shape index (κ2) is 7.52. The summed E-state index contributed by atoms with van der Waals surface area (Å²) in [5.41, 5.74) is 3.71. The first-order chi connectivity index (χ1) is 14.4. The van der Waals surface area contributed by atoms with E-state index in [4.69, 9.17) is 4.42 Å². The average molecular weight is 426 g/mol. The van der Waals surface area contributed by atoms with Gasteiger partial charge in [-0.3, -0.25) is 9.69 Å². The fraction of sp³-hybridized carbons (Fsp3) is 0.364. The van der Waals surface area contributed by atoms with Gasteiger partial charge < -0.3 is 9.73 Å². The summed E-state index contributed by atoms with van der Waals surface area (Å²) in [7, 11) is -2.90. The van der Waals surface area contributed by atoms with Crippen LogP contribution in [0.1, 0.15) is 40.6 Å². The zero-order valence-electron chi connectivity index (χ0n) is 16.5. The third-order valence-corrected chi connectivity index (χ3v) is 7.23. The molecule has 30 heavy (non-hydrogen) atoms. The van der Waals surface area contributed by atoms with Crippen molar-refractivity contribution in [3.05, 3.63) is 59.5 Å². The van der Waals surface area contributed by atoms with Gasteiger partial charge in [-0.2, -0.15) is 0 Å². The summed E-state index contributed by atoms with van der Waals surface area (Å²) in [6, 6.07) is 12.9. The molecular weight excluding hydrogens is 402 g/mol. The Bertz CT molecular complexity index is 1200. The van der Waals surface area contributed by atoms with Gasteiger partial charge in [0, 0.05) is 42.9 Å². The van der Waals surface area contributed by atoms with Crippen molar-refractivity contribution in [3.8, 4) is 0 Å². The second-order valence-electron chi connectivity index (χ2n) is 8.09. The van der Waals surface area contributed by atoms with Gasteiger partial charge in [0.05, 0.1) is 11.5 Å². The molecule has 1 aliphatic carbocycles. The number of rotatable bonds is 5. The van der Waals surface area contributed by atoms with Gasteiger partial charge in [-0.1, -0.05) is 12.1 Å². The number of carbonyl (C=O) groups is 1. The van der Waals surface area contributed by atoms with Crippen molar-refractivity contribution in [1.82, 2.24) is 9.88 Å². The molecule has 0 atom stereocenters. The molecule has 0 spiro atoms. The number of carbonyl (C=O) groups excluding carboxylic acids is 1. The van der Waals surface area contributed by atoms with Gasteiger partial charge in [-0.05, 0) is 42.7 Å². The van der Waals surface area contributed by atoms with Crippen LogP contribution in [-0.2, 0) is 16.4 Å². The van der Waals surface area contributed by atoms with Crippen LogP contribution in [0.5, 0.6) is 0 Å². The molecule has 1 saturated heterocycles. The van der Waals surface area contributed by atoms with Gasteiger partial charge in [-0.15, -0.1) is 0 Å². The molecule has 5 rings (SSSR count). The van der Waals surface area contributed by atoms with E-state index in [0.29, 0.717) is 42.4 Å². The van der Waals surface area contributed by atoms with E-state index in [9.17, 15) is 13.2 Å². The van der Waals surface area contributed by atoms with E-state index in [1.165, 1.54) is 0 Å². The maximum absolute atomic E-state index is 12.8. The van der Waals surface area contributed by atoms with Crippen LogP contribution in [0, 0.1) is 0 Å². The van der Waals surface area contributed by atoms with Crippen LogP contribution in [0.25, 0.3) is 11.1 Å². The maximum Gasteiger partial charge on any atom is 0.255 e. The topological polar surface area (TPSA) is 92.5 Å². The Hall–Kier alpha value is -2.71. The van der Waals surface area contributed by atoms with Crippen LogP contribution < -0.4 is 5.32 Å². The maximum atomic E-state index is 12.8. The fourth-order valence-electron chi connectivity index (χ4n) is 3.71. The number of oxazole rings is 1. The smallest absolute Gasteiger partial charge is 0.255 e. The Morgan fingerprint density at radius 3 is 2.70 bits per heavy atom. The number of amides is 1. The van der Waals surface area contributed by atoms with Crippen molar-refractivity contribution < 1.29 is 17.6 Å². The van der Waals surface area contributed by atoms with E-state index >= 15 is 0 Å². The van der Waals surface area contributed by atoms with Crippen LogP contribution >= 0.6 is 0 Å². The molecule has 2 heterocycles. The Morgan fingerprint density at radius 1 is 1.13 bits per heavy atom. The quantitative estimate of drug-likeness (QED) is 0.675. The number of sulfone groups is 1. The molecule has 1 aromatic heterocycles. The molecule has 1 aliphatic heterocycles. The van der Waals surface area contributed by atoms with Crippen molar-refractivity contribution >= 4 is 32.5 Å². The summed E-state index contributed by atoms with van der Waals surface area (Å²) in [6.07, 6.45) is 2.25. The molecule has 0 bridgehead atoms. The van der Waals surface area contributed by atoms with Crippen LogP contribution in [0.15, 0.2) is 46.9 Å². The summed E-state index contributed by atoms with van der Waals surface area (Å²) in [6.45, 7) is 1.68.